The van der Waals surface area contributed by atoms with Crippen LogP contribution in [0, 0.1) is 17.8 Å². The minimum Gasteiger partial charge on any atom is -1.00 e. The highest BCUT2D eigenvalue weighted by Gasteiger charge is 2.51. The van der Waals surface area contributed by atoms with Crippen LogP contribution in [0.2, 0.25) is 0 Å². The maximum atomic E-state index is 6.66. The zero-order chi connectivity index (χ0) is 19.9. The maximum Gasteiger partial charge on any atom is 0.102 e. The highest BCUT2D eigenvalue weighted by atomic mass is 79.9. The molecule has 0 aromatic heterocycles. The molecule has 0 aromatic carbocycles. The topological polar surface area (TPSA) is 9.23 Å². The summed E-state index contributed by atoms with van der Waals surface area (Å²) in [4.78, 5) is 0. The van der Waals surface area contributed by atoms with E-state index in [0.29, 0.717) is 5.60 Å². The van der Waals surface area contributed by atoms with Crippen LogP contribution in [0.4, 0.5) is 0 Å². The van der Waals surface area contributed by atoms with Crippen molar-refractivity contribution in [1.29, 1.82) is 0 Å². The minimum atomic E-state index is 0. The summed E-state index contributed by atoms with van der Waals surface area (Å²) in [6.45, 7) is 5.80. The van der Waals surface area contributed by atoms with Gasteiger partial charge in [0.2, 0.25) is 0 Å². The second-order valence-electron chi connectivity index (χ2n) is 11.5. The molecule has 4 aliphatic carbocycles. The Morgan fingerprint density at radius 1 is 0.690 bits per heavy atom. The molecule has 0 spiro atoms. The lowest BCUT2D eigenvalue weighted by Crippen LogP contribution is -3.00. The van der Waals surface area contributed by atoms with Gasteiger partial charge in [-0.25, -0.2) is 0 Å². The lowest BCUT2D eigenvalue weighted by molar-refractivity contribution is -0.891. The zero-order valence-electron chi connectivity index (χ0n) is 19.9. The number of quaternary nitrogens is 1. The van der Waals surface area contributed by atoms with Gasteiger partial charge in [0.15, 0.2) is 0 Å². The summed E-state index contributed by atoms with van der Waals surface area (Å²) in [7, 11) is 4.83. The zero-order valence-corrected chi connectivity index (χ0v) is 21.5. The van der Waals surface area contributed by atoms with E-state index in [1.165, 1.54) is 116 Å². The van der Waals surface area contributed by atoms with Gasteiger partial charge in [0.1, 0.15) is 6.54 Å². The molecule has 0 radical (unpaired) electrons. The van der Waals surface area contributed by atoms with Crippen LogP contribution < -0.4 is 17.0 Å². The summed E-state index contributed by atoms with van der Waals surface area (Å²) in [6, 6.07) is 0. The fourth-order valence-electron chi connectivity index (χ4n) is 6.86. The Bertz CT molecular complexity index is 415. The first kappa shape index (κ1) is 25.7. The van der Waals surface area contributed by atoms with Gasteiger partial charge in [0, 0.05) is 0 Å². The molecule has 4 aliphatic rings. The van der Waals surface area contributed by atoms with Crippen LogP contribution >= 0.6 is 0 Å². The first-order valence-corrected chi connectivity index (χ1v) is 13.0. The number of rotatable bonds is 15. The predicted molar refractivity (Wildman–Crippen MR) is 121 cm³/mol. The standard InChI is InChI=1S/C26H50NO.BrH/c1-4-5-6-7-8-9-10-11-12-13-14-27(2,3)15-16-28-26-20-23-17-24(21-26)19-25(18-23)22-26;/h23-25H,4-22H2,1-3H3;1H/q+1;/p-1. The smallest absolute Gasteiger partial charge is 0.102 e. The third-order valence-electron chi connectivity index (χ3n) is 8.20. The molecule has 4 bridgehead atoms. The average molecular weight is 473 g/mol. The molecule has 0 atom stereocenters. The van der Waals surface area contributed by atoms with E-state index in [2.05, 4.69) is 21.0 Å². The number of unbranched alkanes of at least 4 members (excludes halogenated alkanes) is 9. The maximum absolute atomic E-state index is 6.66. The molecule has 4 saturated carbocycles. The summed E-state index contributed by atoms with van der Waals surface area (Å²) in [6.07, 6.45) is 23.0. The van der Waals surface area contributed by atoms with Gasteiger partial charge in [0.05, 0.1) is 32.8 Å². The molecule has 29 heavy (non-hydrogen) atoms. The van der Waals surface area contributed by atoms with Crippen LogP contribution in [0.3, 0.4) is 0 Å². The van der Waals surface area contributed by atoms with Crippen molar-refractivity contribution in [2.45, 2.75) is 115 Å². The molecular formula is C26H50BrNO. The largest absolute Gasteiger partial charge is 1.00 e. The number of hydrogen-bond donors (Lipinski definition) is 0. The summed E-state index contributed by atoms with van der Waals surface area (Å²) < 4.78 is 7.80. The Hall–Kier alpha value is 0.400. The summed E-state index contributed by atoms with van der Waals surface area (Å²) >= 11 is 0. The van der Waals surface area contributed by atoms with Gasteiger partial charge in [-0.15, -0.1) is 0 Å². The van der Waals surface area contributed by atoms with E-state index in [1.807, 2.05) is 0 Å². The molecule has 0 heterocycles. The third-order valence-corrected chi connectivity index (χ3v) is 8.20. The lowest BCUT2D eigenvalue weighted by atomic mass is 9.54. The predicted octanol–water partition coefficient (Wildman–Crippen LogP) is 3.97. The van der Waals surface area contributed by atoms with Crippen LogP contribution in [0.1, 0.15) is 110 Å². The van der Waals surface area contributed by atoms with Gasteiger partial charge >= 0.3 is 0 Å². The molecule has 4 fully saturated rings. The first-order chi connectivity index (χ1) is 13.5. The van der Waals surface area contributed by atoms with E-state index in [9.17, 15) is 0 Å². The molecule has 0 saturated heterocycles. The van der Waals surface area contributed by atoms with Crippen LogP contribution in [0.15, 0.2) is 0 Å². The van der Waals surface area contributed by atoms with Crippen molar-refractivity contribution in [2.24, 2.45) is 17.8 Å². The fourth-order valence-corrected chi connectivity index (χ4v) is 6.86. The average Bonchev–Trinajstić information content (AvgIpc) is 2.62. The van der Waals surface area contributed by atoms with E-state index in [0.717, 1.165) is 28.8 Å². The summed E-state index contributed by atoms with van der Waals surface area (Å²) in [5.74, 6) is 3.00. The number of likely N-dealkylation sites (N-methyl/N-ethyl adjacent to an activating group) is 1. The number of hydrogen-bond acceptors (Lipinski definition) is 1. The molecule has 172 valence electrons. The molecule has 4 rings (SSSR count). The molecular weight excluding hydrogens is 422 g/mol. The quantitative estimate of drug-likeness (QED) is 0.259. The molecule has 0 aromatic rings. The van der Waals surface area contributed by atoms with Crippen molar-refractivity contribution in [3.8, 4) is 0 Å². The summed E-state index contributed by atoms with van der Waals surface area (Å²) in [5, 5.41) is 0. The van der Waals surface area contributed by atoms with E-state index >= 15 is 0 Å². The van der Waals surface area contributed by atoms with Gasteiger partial charge in [-0.05, 0) is 69.1 Å². The van der Waals surface area contributed by atoms with Crippen molar-refractivity contribution in [1.82, 2.24) is 0 Å². The van der Waals surface area contributed by atoms with E-state index in [4.69, 9.17) is 4.74 Å². The highest BCUT2D eigenvalue weighted by Crippen LogP contribution is 2.57. The van der Waals surface area contributed by atoms with Gasteiger partial charge < -0.3 is 26.2 Å². The Morgan fingerprint density at radius 3 is 1.62 bits per heavy atom. The van der Waals surface area contributed by atoms with Gasteiger partial charge in [-0.2, -0.15) is 0 Å². The van der Waals surface area contributed by atoms with Crippen LogP contribution in [-0.4, -0.2) is 43.9 Å². The highest BCUT2D eigenvalue weighted by molar-refractivity contribution is 5.03. The Kier molecular flexibility index (Phi) is 11.0. The van der Waals surface area contributed by atoms with Gasteiger partial charge in [-0.1, -0.05) is 58.3 Å². The normalized spacial score (nSPS) is 30.5. The minimum absolute atomic E-state index is 0. The lowest BCUT2D eigenvalue weighted by Gasteiger charge is -2.56. The molecule has 0 N–H and O–H groups in total. The number of nitrogens with zero attached hydrogens (tertiary/aromatic N) is 1. The molecule has 0 amide bonds. The van der Waals surface area contributed by atoms with Crippen molar-refractivity contribution in [3.05, 3.63) is 0 Å². The van der Waals surface area contributed by atoms with Gasteiger partial charge in [-0.3, -0.25) is 0 Å². The molecule has 2 nitrogen and oxygen atoms in total. The van der Waals surface area contributed by atoms with Crippen LogP contribution in [-0.2, 0) is 4.74 Å². The van der Waals surface area contributed by atoms with Crippen molar-refractivity contribution in [3.63, 3.8) is 0 Å². The van der Waals surface area contributed by atoms with Gasteiger partial charge in [0.25, 0.3) is 0 Å². The molecule has 0 unspecified atom stereocenters. The van der Waals surface area contributed by atoms with E-state index < -0.39 is 0 Å². The third kappa shape index (κ3) is 8.45. The molecule has 0 aliphatic heterocycles. The second-order valence-corrected chi connectivity index (χ2v) is 11.5. The fraction of sp³-hybridized carbons (Fsp3) is 1.00. The van der Waals surface area contributed by atoms with Crippen molar-refractivity contribution < 1.29 is 26.2 Å². The van der Waals surface area contributed by atoms with Crippen LogP contribution in [0.5, 0.6) is 0 Å². The summed E-state index contributed by atoms with van der Waals surface area (Å²) in [5.41, 5.74) is 0.297. The Morgan fingerprint density at radius 2 is 1.14 bits per heavy atom. The van der Waals surface area contributed by atoms with Crippen molar-refractivity contribution in [2.75, 3.05) is 33.8 Å². The first-order valence-electron chi connectivity index (χ1n) is 13.0. The Balaban J connectivity index is 0.00000300. The number of halogens is 1. The van der Waals surface area contributed by atoms with E-state index in [-0.39, 0.29) is 17.0 Å². The SMILES string of the molecule is CCCCCCCCCCCC[N+](C)(C)CCOC12CC3CC(CC(C3)C1)C2.[Br-]. The molecule has 3 heteroatoms. The number of ether oxygens (including phenoxy) is 1. The Labute approximate surface area is 192 Å². The van der Waals surface area contributed by atoms with Crippen molar-refractivity contribution >= 4 is 0 Å². The van der Waals surface area contributed by atoms with E-state index in [1.54, 1.807) is 0 Å². The monoisotopic (exact) mass is 471 g/mol. The second kappa shape index (κ2) is 12.4. The van der Waals surface area contributed by atoms with Crippen LogP contribution in [0.25, 0.3) is 0 Å².